The fraction of sp³-hybridized carbons (Fsp3) is 0.333. The average Bonchev–Trinajstić information content (AvgIpc) is 2.10. The highest BCUT2D eigenvalue weighted by Gasteiger charge is 2.16. The molecule has 1 rings (SSSR count). The van der Waals surface area contributed by atoms with E-state index in [1.807, 2.05) is 0 Å². The van der Waals surface area contributed by atoms with Gasteiger partial charge in [0.25, 0.3) is 0 Å². The first-order valence-corrected chi connectivity index (χ1v) is 6.32. The molecule has 0 aliphatic heterocycles. The van der Waals surface area contributed by atoms with Crippen LogP contribution in [-0.2, 0) is 10.0 Å². The molecular formula is C9H13ClN2O2S. The molecule has 3 N–H and O–H groups in total. The third-order valence-electron chi connectivity index (χ3n) is 1.89. The van der Waals surface area contributed by atoms with Crippen LogP contribution in [0, 0.1) is 0 Å². The third-order valence-corrected chi connectivity index (χ3v) is 3.87. The minimum absolute atomic E-state index is 0.316. The molecule has 84 valence electrons. The smallest absolute Gasteiger partial charge is 0.235 e. The summed E-state index contributed by atoms with van der Waals surface area (Å²) in [6.07, 6.45) is 0. The van der Waals surface area contributed by atoms with Crippen LogP contribution < -0.4 is 10.5 Å². The standard InChI is InChI=1S/C9H13ClN2O2S/c1-6(2)15(13,14)12-9-5-7(10)3-4-8(9)11/h3-6,12H,11H2,1-2H3. The molecule has 0 fully saturated rings. The minimum Gasteiger partial charge on any atom is -0.397 e. The summed E-state index contributed by atoms with van der Waals surface area (Å²) in [5, 5.41) is -0.0819. The van der Waals surface area contributed by atoms with Gasteiger partial charge >= 0.3 is 0 Å². The van der Waals surface area contributed by atoms with Gasteiger partial charge in [-0.2, -0.15) is 0 Å². The molecule has 4 nitrogen and oxygen atoms in total. The summed E-state index contributed by atoms with van der Waals surface area (Å²) in [4.78, 5) is 0. The molecule has 0 heterocycles. The van der Waals surface area contributed by atoms with Crippen molar-refractivity contribution in [1.82, 2.24) is 0 Å². The summed E-state index contributed by atoms with van der Waals surface area (Å²) in [6.45, 7) is 3.17. The first-order valence-electron chi connectivity index (χ1n) is 4.39. The number of hydrogen-bond acceptors (Lipinski definition) is 3. The van der Waals surface area contributed by atoms with Gasteiger partial charge in [-0.15, -0.1) is 0 Å². The van der Waals surface area contributed by atoms with Gasteiger partial charge in [0.05, 0.1) is 16.6 Å². The number of sulfonamides is 1. The van der Waals surface area contributed by atoms with Crippen molar-refractivity contribution in [3.05, 3.63) is 23.2 Å². The molecule has 0 saturated heterocycles. The highest BCUT2D eigenvalue weighted by Crippen LogP contribution is 2.24. The van der Waals surface area contributed by atoms with Crippen molar-refractivity contribution in [1.29, 1.82) is 0 Å². The molecule has 1 aromatic rings. The number of anilines is 2. The summed E-state index contributed by atoms with van der Waals surface area (Å²) in [5.41, 5.74) is 6.28. The van der Waals surface area contributed by atoms with Crippen LogP contribution in [0.4, 0.5) is 11.4 Å². The van der Waals surface area contributed by atoms with E-state index in [2.05, 4.69) is 4.72 Å². The number of nitrogens with two attached hydrogens (primary N) is 1. The van der Waals surface area contributed by atoms with Crippen LogP contribution >= 0.6 is 11.6 Å². The Bertz CT molecular complexity index is 457. The molecular weight excluding hydrogens is 236 g/mol. The summed E-state index contributed by atoms with van der Waals surface area (Å²) in [5.74, 6) is 0. The Balaban J connectivity index is 3.05. The van der Waals surface area contributed by atoms with Gasteiger partial charge in [0.2, 0.25) is 10.0 Å². The monoisotopic (exact) mass is 248 g/mol. The summed E-state index contributed by atoms with van der Waals surface area (Å²) >= 11 is 5.73. The lowest BCUT2D eigenvalue weighted by Crippen LogP contribution is -2.23. The van der Waals surface area contributed by atoms with Crippen molar-refractivity contribution >= 4 is 33.0 Å². The molecule has 0 spiro atoms. The average molecular weight is 249 g/mol. The predicted molar refractivity (Wildman–Crippen MR) is 63.5 cm³/mol. The Kier molecular flexibility index (Phi) is 3.46. The maximum absolute atomic E-state index is 11.6. The number of rotatable bonds is 3. The highest BCUT2D eigenvalue weighted by molar-refractivity contribution is 7.93. The van der Waals surface area contributed by atoms with Crippen LogP contribution in [0.2, 0.25) is 5.02 Å². The van der Waals surface area contributed by atoms with E-state index in [0.29, 0.717) is 16.4 Å². The van der Waals surface area contributed by atoms with Crippen molar-refractivity contribution in [3.8, 4) is 0 Å². The fourth-order valence-corrected chi connectivity index (χ4v) is 1.78. The van der Waals surface area contributed by atoms with Crippen LogP contribution in [-0.4, -0.2) is 13.7 Å². The molecule has 0 atom stereocenters. The van der Waals surface area contributed by atoms with Gasteiger partial charge < -0.3 is 5.73 Å². The predicted octanol–water partition coefficient (Wildman–Crippen LogP) is 2.07. The Morgan fingerprint density at radius 3 is 2.53 bits per heavy atom. The second kappa shape index (κ2) is 4.28. The molecule has 0 bridgehead atoms. The van der Waals surface area contributed by atoms with Crippen LogP contribution in [0.3, 0.4) is 0 Å². The second-order valence-corrected chi connectivity index (χ2v) is 6.10. The van der Waals surface area contributed by atoms with Crippen LogP contribution in [0.5, 0.6) is 0 Å². The van der Waals surface area contributed by atoms with Gasteiger partial charge in [0.1, 0.15) is 0 Å². The maximum Gasteiger partial charge on any atom is 0.235 e. The van der Waals surface area contributed by atoms with E-state index in [1.165, 1.54) is 6.07 Å². The van der Waals surface area contributed by atoms with E-state index < -0.39 is 15.3 Å². The zero-order valence-electron chi connectivity index (χ0n) is 8.49. The SMILES string of the molecule is CC(C)S(=O)(=O)Nc1cc(Cl)ccc1N. The van der Waals surface area contributed by atoms with Crippen molar-refractivity contribution in [2.45, 2.75) is 19.1 Å². The second-order valence-electron chi connectivity index (χ2n) is 3.43. The highest BCUT2D eigenvalue weighted by atomic mass is 35.5. The number of nitrogen functional groups attached to an aromatic ring is 1. The van der Waals surface area contributed by atoms with Gasteiger partial charge in [-0.05, 0) is 32.0 Å². The number of halogens is 1. The Labute approximate surface area is 94.5 Å². The summed E-state index contributed by atoms with van der Waals surface area (Å²) < 4.78 is 25.5. The number of hydrogen-bond donors (Lipinski definition) is 2. The van der Waals surface area contributed by atoms with Crippen LogP contribution in [0.1, 0.15) is 13.8 Å². The molecule has 0 aliphatic rings. The first kappa shape index (κ1) is 12.1. The Morgan fingerprint density at radius 2 is 2.00 bits per heavy atom. The van der Waals surface area contributed by atoms with E-state index in [9.17, 15) is 8.42 Å². The van der Waals surface area contributed by atoms with Crippen LogP contribution in [0.25, 0.3) is 0 Å². The van der Waals surface area contributed by atoms with Gasteiger partial charge in [0, 0.05) is 5.02 Å². The van der Waals surface area contributed by atoms with Gasteiger partial charge in [-0.25, -0.2) is 8.42 Å². The van der Waals surface area contributed by atoms with Crippen molar-refractivity contribution in [2.24, 2.45) is 0 Å². The Morgan fingerprint density at radius 1 is 1.40 bits per heavy atom. The zero-order chi connectivity index (χ0) is 11.6. The lowest BCUT2D eigenvalue weighted by atomic mass is 10.3. The molecule has 0 aromatic heterocycles. The molecule has 0 unspecified atom stereocenters. The molecule has 6 heteroatoms. The number of benzene rings is 1. The normalized spacial score (nSPS) is 11.7. The van der Waals surface area contributed by atoms with Crippen molar-refractivity contribution in [3.63, 3.8) is 0 Å². The van der Waals surface area contributed by atoms with Gasteiger partial charge in [-0.1, -0.05) is 11.6 Å². The summed E-state index contributed by atoms with van der Waals surface area (Å²) in [6, 6.07) is 4.64. The third kappa shape index (κ3) is 3.00. The number of nitrogens with one attached hydrogen (secondary N) is 1. The first-order chi connectivity index (χ1) is 6.83. The fourth-order valence-electron chi connectivity index (χ4n) is 0.888. The Hall–Kier alpha value is -0.940. The molecule has 15 heavy (non-hydrogen) atoms. The van der Waals surface area contributed by atoms with Crippen LogP contribution in [0.15, 0.2) is 18.2 Å². The maximum atomic E-state index is 11.6. The molecule has 0 amide bonds. The molecule has 0 aliphatic carbocycles. The minimum atomic E-state index is -3.38. The lowest BCUT2D eigenvalue weighted by molar-refractivity contribution is 0.593. The van der Waals surface area contributed by atoms with Gasteiger partial charge in [0.15, 0.2) is 0 Å². The molecule has 0 radical (unpaired) electrons. The van der Waals surface area contributed by atoms with E-state index in [4.69, 9.17) is 17.3 Å². The zero-order valence-corrected chi connectivity index (χ0v) is 10.1. The van der Waals surface area contributed by atoms with Gasteiger partial charge in [-0.3, -0.25) is 4.72 Å². The molecule has 0 saturated carbocycles. The lowest BCUT2D eigenvalue weighted by Gasteiger charge is -2.12. The van der Waals surface area contributed by atoms with Crippen molar-refractivity contribution < 1.29 is 8.42 Å². The van der Waals surface area contributed by atoms with E-state index >= 15 is 0 Å². The van der Waals surface area contributed by atoms with E-state index in [0.717, 1.165) is 0 Å². The summed E-state index contributed by atoms with van der Waals surface area (Å²) in [7, 11) is -3.38. The largest absolute Gasteiger partial charge is 0.397 e. The topological polar surface area (TPSA) is 72.2 Å². The van der Waals surface area contributed by atoms with E-state index in [-0.39, 0.29) is 0 Å². The molecule has 1 aromatic carbocycles. The quantitative estimate of drug-likeness (QED) is 0.805. The van der Waals surface area contributed by atoms with Crippen molar-refractivity contribution in [2.75, 3.05) is 10.5 Å². The van der Waals surface area contributed by atoms with E-state index in [1.54, 1.807) is 26.0 Å².